The largest absolute Gasteiger partial charge is 0.508 e. The number of carboxylic acid groups (broad SMARTS) is 2. The molecule has 0 radical (unpaired) electrons. The standard InChI is InChI=1S/C50H79N11O17/c1-23(2)18-32(55-42(69)30-10-9-17-52-30)45(72)61-40(27(8)63)49(76)54-31(15-16-38(66)67)43(70)53-26(7)41(68)59-36(22-62)47(74)56-33(20-28-11-13-29(64)14-12-28)46(73)60-39(25(5)6)48(75)57-34(21-37(51)65)44(71)58-35(50(77)78)19-24(3)4/h11-14,23-27,30-36,39-40,52,62-64H,9-10,15-22H2,1-8H3,(H2,51,65)(H,53,70)(H,54,76)(H,55,69)(H,56,74)(H,57,75)(H,58,71)(H,59,68)(H,60,73)(H,61,72)(H,66,67)(H,77,78)/t26-,27+,30-,31-,32-,33-,34-,35-,36-,39-,40-/m0/s1. The number of carbonyl (C=O) groups excluding carboxylic acids is 10. The van der Waals surface area contributed by atoms with E-state index in [-0.39, 0.29) is 36.8 Å². The second-order valence-electron chi connectivity index (χ2n) is 20.5. The Balaban J connectivity index is 2.31. The molecule has 78 heavy (non-hydrogen) atoms. The molecule has 0 bridgehead atoms. The first kappa shape index (κ1) is 66.7. The number of aliphatic hydroxyl groups excluding tert-OH is 2. The third-order valence-electron chi connectivity index (χ3n) is 12.2. The number of hydrogen-bond donors (Lipinski definition) is 16. The zero-order chi connectivity index (χ0) is 59.1. The molecule has 0 spiro atoms. The van der Waals surface area contributed by atoms with Gasteiger partial charge in [-0.3, -0.25) is 52.7 Å². The van der Waals surface area contributed by atoms with Gasteiger partial charge in [0.15, 0.2) is 0 Å². The Hall–Kier alpha value is -7.46. The highest BCUT2D eigenvalue weighted by Gasteiger charge is 2.37. The minimum atomic E-state index is -1.83. The molecule has 0 unspecified atom stereocenters. The second-order valence-corrected chi connectivity index (χ2v) is 20.5. The lowest BCUT2D eigenvalue weighted by Gasteiger charge is -2.28. The molecule has 0 saturated carbocycles. The zero-order valence-electron chi connectivity index (χ0n) is 45.2. The van der Waals surface area contributed by atoms with Crippen molar-refractivity contribution < 1.29 is 83.1 Å². The van der Waals surface area contributed by atoms with Crippen molar-refractivity contribution in [2.24, 2.45) is 23.5 Å². The van der Waals surface area contributed by atoms with Crippen molar-refractivity contribution in [2.45, 2.75) is 173 Å². The molecule has 1 fully saturated rings. The molecule has 1 aromatic carbocycles. The van der Waals surface area contributed by atoms with Crippen molar-refractivity contribution in [3.63, 3.8) is 0 Å². The number of carbonyl (C=O) groups is 12. The van der Waals surface area contributed by atoms with E-state index in [2.05, 4.69) is 53.2 Å². The monoisotopic (exact) mass is 1110 g/mol. The lowest BCUT2D eigenvalue weighted by atomic mass is 9.99. The number of phenols is 1. The van der Waals surface area contributed by atoms with Gasteiger partial charge >= 0.3 is 11.9 Å². The molecule has 1 aliphatic heterocycles. The van der Waals surface area contributed by atoms with Crippen molar-refractivity contribution in [1.82, 2.24) is 53.2 Å². The molecule has 11 atom stereocenters. The Morgan fingerprint density at radius 1 is 0.590 bits per heavy atom. The summed E-state index contributed by atoms with van der Waals surface area (Å²) in [5.41, 5.74) is 5.71. The van der Waals surface area contributed by atoms with E-state index in [1.54, 1.807) is 27.7 Å². The minimum Gasteiger partial charge on any atom is -0.508 e. The molecule has 0 aromatic heterocycles. The van der Waals surface area contributed by atoms with E-state index in [0.29, 0.717) is 18.5 Å². The lowest BCUT2D eigenvalue weighted by Crippen LogP contribution is -2.62. The highest BCUT2D eigenvalue weighted by molar-refractivity contribution is 5.99. The van der Waals surface area contributed by atoms with Crippen molar-refractivity contribution >= 4 is 71.0 Å². The fourth-order valence-electron chi connectivity index (χ4n) is 7.99. The third-order valence-corrected chi connectivity index (χ3v) is 12.2. The maximum atomic E-state index is 14.1. The van der Waals surface area contributed by atoms with Gasteiger partial charge in [-0.25, -0.2) is 4.79 Å². The molecule has 17 N–H and O–H groups in total. The molecular weight excluding hydrogens is 1030 g/mol. The average Bonchev–Trinajstić information content (AvgIpc) is 3.90. The summed E-state index contributed by atoms with van der Waals surface area (Å²) >= 11 is 0. The molecule has 1 aliphatic rings. The summed E-state index contributed by atoms with van der Waals surface area (Å²) in [6.45, 7) is 11.9. The van der Waals surface area contributed by atoms with Crippen LogP contribution in [0.2, 0.25) is 0 Å². The van der Waals surface area contributed by atoms with Gasteiger partial charge in [0.2, 0.25) is 59.1 Å². The predicted molar refractivity (Wildman–Crippen MR) is 277 cm³/mol. The Labute approximate surface area is 451 Å². The normalized spacial score (nSPS) is 17.0. The summed E-state index contributed by atoms with van der Waals surface area (Å²) in [5.74, 6) is -13.8. The number of rotatable bonds is 33. The smallest absolute Gasteiger partial charge is 0.326 e. The first-order valence-corrected chi connectivity index (χ1v) is 25.7. The van der Waals surface area contributed by atoms with E-state index in [4.69, 9.17) is 5.73 Å². The average molecular weight is 1110 g/mol. The molecular formula is C50H79N11O17. The van der Waals surface area contributed by atoms with Gasteiger partial charge < -0.3 is 84.4 Å². The van der Waals surface area contributed by atoms with Crippen LogP contribution in [0, 0.1) is 17.8 Å². The Morgan fingerprint density at radius 3 is 1.59 bits per heavy atom. The van der Waals surface area contributed by atoms with Crippen LogP contribution in [0.1, 0.15) is 106 Å². The fourth-order valence-corrected chi connectivity index (χ4v) is 7.99. The number of primary amides is 1. The van der Waals surface area contributed by atoms with E-state index >= 15 is 0 Å². The number of carboxylic acids is 2. The van der Waals surface area contributed by atoms with Crippen LogP contribution in [-0.4, -0.2) is 176 Å². The molecule has 436 valence electrons. The van der Waals surface area contributed by atoms with Crippen molar-refractivity contribution in [1.29, 1.82) is 0 Å². The Bertz CT molecular complexity index is 2270. The highest BCUT2D eigenvalue weighted by atomic mass is 16.4. The lowest BCUT2D eigenvalue weighted by molar-refractivity contribution is -0.143. The van der Waals surface area contributed by atoms with Gasteiger partial charge in [-0.2, -0.15) is 0 Å². The molecule has 10 amide bonds. The topological polar surface area (TPSA) is 452 Å². The highest BCUT2D eigenvalue weighted by Crippen LogP contribution is 2.15. The maximum Gasteiger partial charge on any atom is 0.326 e. The quantitative estimate of drug-likeness (QED) is 0.0319. The van der Waals surface area contributed by atoms with Gasteiger partial charge in [-0.15, -0.1) is 0 Å². The molecule has 1 saturated heterocycles. The molecule has 28 nitrogen and oxygen atoms in total. The van der Waals surface area contributed by atoms with Crippen LogP contribution in [0.5, 0.6) is 5.75 Å². The van der Waals surface area contributed by atoms with Crippen LogP contribution in [0.3, 0.4) is 0 Å². The molecule has 1 heterocycles. The van der Waals surface area contributed by atoms with Gasteiger partial charge in [0.05, 0.1) is 25.2 Å². The van der Waals surface area contributed by atoms with E-state index < -0.39 is 169 Å². The van der Waals surface area contributed by atoms with Gasteiger partial charge in [0.1, 0.15) is 60.1 Å². The molecule has 2 rings (SSSR count). The van der Waals surface area contributed by atoms with Crippen LogP contribution < -0.4 is 58.9 Å². The summed E-state index contributed by atoms with van der Waals surface area (Å²) in [7, 11) is 0. The van der Waals surface area contributed by atoms with Gasteiger partial charge in [-0.05, 0) is 87.9 Å². The summed E-state index contributed by atoms with van der Waals surface area (Å²) < 4.78 is 0. The number of hydrogen-bond acceptors (Lipinski definition) is 16. The number of nitrogens with two attached hydrogens (primary N) is 1. The zero-order valence-corrected chi connectivity index (χ0v) is 45.2. The van der Waals surface area contributed by atoms with E-state index in [0.717, 1.165) is 13.3 Å². The van der Waals surface area contributed by atoms with Crippen LogP contribution in [0.25, 0.3) is 0 Å². The fraction of sp³-hybridized carbons (Fsp3) is 0.640. The summed E-state index contributed by atoms with van der Waals surface area (Å²) in [4.78, 5) is 158. The van der Waals surface area contributed by atoms with Crippen molar-refractivity contribution in [3.05, 3.63) is 29.8 Å². The Morgan fingerprint density at radius 2 is 1.08 bits per heavy atom. The number of aliphatic carboxylic acids is 2. The van der Waals surface area contributed by atoms with Crippen LogP contribution in [-0.2, 0) is 64.0 Å². The predicted octanol–water partition coefficient (Wildman–Crippen LogP) is -3.98. The van der Waals surface area contributed by atoms with Gasteiger partial charge in [0.25, 0.3) is 0 Å². The van der Waals surface area contributed by atoms with Crippen LogP contribution in [0.4, 0.5) is 0 Å². The molecule has 0 aliphatic carbocycles. The third kappa shape index (κ3) is 23.0. The number of amides is 10. The van der Waals surface area contributed by atoms with Gasteiger partial charge in [-0.1, -0.05) is 53.7 Å². The minimum absolute atomic E-state index is 0.00546. The van der Waals surface area contributed by atoms with Crippen molar-refractivity contribution in [3.8, 4) is 5.75 Å². The summed E-state index contributed by atoms with van der Waals surface area (Å²) in [6, 6.07) is -9.23. The first-order chi connectivity index (χ1) is 36.4. The van der Waals surface area contributed by atoms with E-state index in [9.17, 15) is 83.1 Å². The second kappa shape index (κ2) is 32.3. The number of aliphatic hydroxyl groups is 2. The van der Waals surface area contributed by atoms with Crippen LogP contribution in [0.15, 0.2) is 24.3 Å². The van der Waals surface area contributed by atoms with E-state index in [1.165, 1.54) is 45.0 Å². The molecule has 28 heteroatoms. The maximum absolute atomic E-state index is 14.1. The number of aromatic hydroxyl groups is 1. The van der Waals surface area contributed by atoms with E-state index in [1.807, 2.05) is 0 Å². The Kier molecular flexibility index (Phi) is 27.6. The van der Waals surface area contributed by atoms with Crippen LogP contribution >= 0.6 is 0 Å². The van der Waals surface area contributed by atoms with Gasteiger partial charge in [0, 0.05) is 12.8 Å². The summed E-state index contributed by atoms with van der Waals surface area (Å²) in [6.07, 6.45) is -2.44. The SMILES string of the molecule is CC(C)C[C@H](NC(=O)[C@H](CC(N)=O)NC(=O)[C@@H](NC(=O)[C@H](Cc1ccc(O)cc1)NC(=O)[C@H](CO)NC(=O)[C@H](C)NC(=O)[C@H](CCC(=O)O)NC(=O)[C@@H](NC(=O)[C@H](CC(C)C)NC(=O)[C@@H]1CCCN1)[C@@H](C)O)C(C)C)C(=O)O. The number of phenolic OH excluding ortho intramolecular Hbond substituents is 1. The number of nitrogens with one attached hydrogen (secondary N) is 10. The first-order valence-electron chi connectivity index (χ1n) is 25.7. The van der Waals surface area contributed by atoms with Crippen molar-refractivity contribution in [2.75, 3.05) is 13.2 Å². The summed E-state index contributed by atoms with van der Waals surface area (Å²) in [5, 5.41) is 74.3. The molecule has 1 aromatic rings. The number of benzene rings is 1.